The summed E-state index contributed by atoms with van der Waals surface area (Å²) < 4.78 is 0. The van der Waals surface area contributed by atoms with Gasteiger partial charge in [0.1, 0.15) is 0 Å². The maximum Gasteiger partial charge on any atom is 0.0703 e. The highest BCUT2D eigenvalue weighted by molar-refractivity contribution is 9.17. The lowest BCUT2D eigenvalue weighted by Crippen LogP contribution is -1.61. The van der Waals surface area contributed by atoms with Gasteiger partial charge in [0.25, 0.3) is 0 Å². The van der Waals surface area contributed by atoms with Gasteiger partial charge in [0, 0.05) is 0 Å². The number of aliphatic imine (C=N–C) groups is 1. The molecule has 0 aliphatic rings. The molecule has 0 aliphatic carbocycles. The maximum absolute atomic E-state index is 3.72. The minimum atomic E-state index is 0.664. The van der Waals surface area contributed by atoms with Crippen molar-refractivity contribution in [2.75, 3.05) is 0 Å². The topological polar surface area (TPSA) is 12.4 Å². The van der Waals surface area contributed by atoms with Gasteiger partial charge >= 0.3 is 0 Å². The van der Waals surface area contributed by atoms with Crippen molar-refractivity contribution in [2.24, 2.45) is 4.99 Å². The van der Waals surface area contributed by atoms with Crippen molar-refractivity contribution in [3.05, 3.63) is 24.9 Å². The molecule has 0 aromatic carbocycles. The lowest BCUT2D eigenvalue weighted by atomic mass is 10.5. The Morgan fingerprint density at radius 3 is 2.43 bits per heavy atom. The van der Waals surface area contributed by atoms with Gasteiger partial charge < -0.3 is 0 Å². The molecule has 0 spiro atoms. The highest BCUT2D eigenvalue weighted by Gasteiger charge is 1.70. The van der Waals surface area contributed by atoms with E-state index < -0.39 is 0 Å². The van der Waals surface area contributed by atoms with E-state index in [0.717, 1.165) is 0 Å². The van der Waals surface area contributed by atoms with E-state index in [1.165, 1.54) is 5.12 Å². The van der Waals surface area contributed by atoms with Crippen LogP contribution in [0.4, 0.5) is 0 Å². The van der Waals surface area contributed by atoms with Crippen LogP contribution in [0.5, 0.6) is 0 Å². The standard InChI is InChI=1S/C5H6BrN/c1-3-5(2)7-4-6/h3-4H,1-2H2. The highest BCUT2D eigenvalue weighted by atomic mass is 79.9. The summed E-state index contributed by atoms with van der Waals surface area (Å²) in [4.78, 5) is 3.72. The van der Waals surface area contributed by atoms with Crippen LogP contribution in [-0.2, 0) is 0 Å². The summed E-state index contributed by atoms with van der Waals surface area (Å²) in [5.74, 6) is 0. The van der Waals surface area contributed by atoms with Crippen molar-refractivity contribution in [2.45, 2.75) is 0 Å². The number of hydrogen-bond acceptors (Lipinski definition) is 1. The fraction of sp³-hybridized carbons (Fsp3) is 0. The van der Waals surface area contributed by atoms with E-state index in [-0.39, 0.29) is 0 Å². The molecule has 0 N–H and O–H groups in total. The molecule has 7 heavy (non-hydrogen) atoms. The van der Waals surface area contributed by atoms with Crippen LogP contribution < -0.4 is 0 Å². The van der Waals surface area contributed by atoms with E-state index in [2.05, 4.69) is 34.1 Å². The first-order valence-electron chi connectivity index (χ1n) is 1.75. The molecule has 0 saturated heterocycles. The Morgan fingerprint density at radius 2 is 2.29 bits per heavy atom. The molecule has 0 rings (SSSR count). The fourth-order valence-electron chi connectivity index (χ4n) is 0.115. The minimum absolute atomic E-state index is 0.664. The van der Waals surface area contributed by atoms with Crippen molar-refractivity contribution < 1.29 is 0 Å². The summed E-state index contributed by atoms with van der Waals surface area (Å²) in [5, 5.41) is 1.50. The van der Waals surface area contributed by atoms with Crippen molar-refractivity contribution >= 4 is 21.1 Å². The Kier molecular flexibility index (Phi) is 3.61. The van der Waals surface area contributed by atoms with Gasteiger partial charge in [-0.3, -0.25) is 4.99 Å². The van der Waals surface area contributed by atoms with Crippen molar-refractivity contribution in [1.82, 2.24) is 0 Å². The molecule has 0 unspecified atom stereocenters. The Balaban J connectivity index is 3.58. The molecule has 0 atom stereocenters. The Hall–Kier alpha value is -0.370. The van der Waals surface area contributed by atoms with Crippen LogP contribution in [0.15, 0.2) is 29.9 Å². The van der Waals surface area contributed by atoms with Crippen LogP contribution in [0.3, 0.4) is 0 Å². The molecule has 0 aromatic rings. The van der Waals surface area contributed by atoms with Crippen LogP contribution >= 0.6 is 15.9 Å². The lowest BCUT2D eigenvalue weighted by Gasteiger charge is -1.79. The lowest BCUT2D eigenvalue weighted by molar-refractivity contribution is 1.47. The molecule has 0 heterocycles. The molecule has 0 fully saturated rings. The first-order valence-corrected chi connectivity index (χ1v) is 2.67. The zero-order valence-corrected chi connectivity index (χ0v) is 5.48. The third kappa shape index (κ3) is 3.46. The second-order valence-corrected chi connectivity index (χ2v) is 1.33. The summed E-state index contributed by atoms with van der Waals surface area (Å²) in [6.07, 6.45) is 1.58. The summed E-state index contributed by atoms with van der Waals surface area (Å²) >= 11 is 2.99. The van der Waals surface area contributed by atoms with Crippen LogP contribution in [0.25, 0.3) is 0 Å². The van der Waals surface area contributed by atoms with Crippen LogP contribution in [0, 0.1) is 0 Å². The van der Waals surface area contributed by atoms with Gasteiger partial charge in [0.05, 0.1) is 10.8 Å². The van der Waals surface area contributed by atoms with Crippen LogP contribution in [-0.4, -0.2) is 5.12 Å². The van der Waals surface area contributed by atoms with Gasteiger partial charge in [0.15, 0.2) is 0 Å². The van der Waals surface area contributed by atoms with Gasteiger partial charge in [0.2, 0.25) is 0 Å². The minimum Gasteiger partial charge on any atom is -0.250 e. The summed E-state index contributed by atoms with van der Waals surface area (Å²) in [6.45, 7) is 6.96. The number of rotatable bonds is 2. The zero-order chi connectivity index (χ0) is 5.70. The maximum atomic E-state index is 3.72. The Labute approximate surface area is 51.6 Å². The normalized spacial score (nSPS) is 9.29. The fourth-order valence-corrected chi connectivity index (χ4v) is 0.378. The van der Waals surface area contributed by atoms with Crippen molar-refractivity contribution in [1.29, 1.82) is 0 Å². The first-order chi connectivity index (χ1) is 3.31. The number of hydrogen-bond donors (Lipinski definition) is 0. The smallest absolute Gasteiger partial charge is 0.0703 e. The molecular formula is C5H6BrN. The molecule has 38 valence electrons. The molecule has 0 bridgehead atoms. The molecular weight excluding hydrogens is 154 g/mol. The number of halogens is 1. The molecule has 0 amide bonds. The van der Waals surface area contributed by atoms with Crippen molar-refractivity contribution in [3.8, 4) is 0 Å². The van der Waals surface area contributed by atoms with E-state index in [1.807, 2.05) is 0 Å². The summed E-state index contributed by atoms with van der Waals surface area (Å²) in [5.41, 5.74) is 0.664. The summed E-state index contributed by atoms with van der Waals surface area (Å²) in [7, 11) is 0. The predicted molar refractivity (Wildman–Crippen MR) is 36.8 cm³/mol. The van der Waals surface area contributed by atoms with Gasteiger partial charge in [-0.15, -0.1) is 0 Å². The van der Waals surface area contributed by atoms with Gasteiger partial charge in [-0.2, -0.15) is 0 Å². The van der Waals surface area contributed by atoms with E-state index >= 15 is 0 Å². The van der Waals surface area contributed by atoms with E-state index in [4.69, 9.17) is 0 Å². The third-order valence-corrected chi connectivity index (χ3v) is 0.655. The molecule has 0 aliphatic heterocycles. The van der Waals surface area contributed by atoms with Gasteiger partial charge in [-0.1, -0.05) is 13.2 Å². The van der Waals surface area contributed by atoms with E-state index in [1.54, 1.807) is 6.08 Å². The Bertz CT molecular complexity index is 105. The third-order valence-electron chi connectivity index (χ3n) is 0.450. The molecule has 2 heteroatoms. The molecule has 0 saturated carbocycles. The molecule has 0 aromatic heterocycles. The van der Waals surface area contributed by atoms with Crippen molar-refractivity contribution in [3.63, 3.8) is 0 Å². The quantitative estimate of drug-likeness (QED) is 0.433. The zero-order valence-electron chi connectivity index (χ0n) is 3.89. The largest absolute Gasteiger partial charge is 0.250 e. The molecule has 0 radical (unpaired) electrons. The average Bonchev–Trinajstić information content (AvgIpc) is 1.68. The first kappa shape index (κ1) is 6.63. The number of allylic oxidation sites excluding steroid dienone is 1. The second-order valence-electron chi connectivity index (χ2n) is 0.922. The highest BCUT2D eigenvalue weighted by Crippen LogP contribution is 1.90. The predicted octanol–water partition coefficient (Wildman–Crippen LogP) is 2.11. The second kappa shape index (κ2) is 3.81. The summed E-state index contributed by atoms with van der Waals surface area (Å²) in [6, 6.07) is 0. The SMILES string of the molecule is C=CC(=C)N=CBr. The van der Waals surface area contributed by atoms with Crippen LogP contribution in [0.2, 0.25) is 0 Å². The molecule has 1 nitrogen and oxygen atoms in total. The monoisotopic (exact) mass is 159 g/mol. The van der Waals surface area contributed by atoms with Gasteiger partial charge in [-0.25, -0.2) is 0 Å². The van der Waals surface area contributed by atoms with E-state index in [9.17, 15) is 0 Å². The Morgan fingerprint density at radius 1 is 1.71 bits per heavy atom. The van der Waals surface area contributed by atoms with Gasteiger partial charge in [-0.05, 0) is 22.0 Å². The average molecular weight is 160 g/mol. The van der Waals surface area contributed by atoms with E-state index in [0.29, 0.717) is 5.70 Å². The number of nitrogens with zero attached hydrogens (tertiary/aromatic N) is 1. The van der Waals surface area contributed by atoms with Crippen LogP contribution in [0.1, 0.15) is 0 Å².